The molecule has 0 aliphatic carbocycles. The third-order valence-corrected chi connectivity index (χ3v) is 6.43. The van der Waals surface area contributed by atoms with E-state index in [-0.39, 0.29) is 10.8 Å². The van der Waals surface area contributed by atoms with Crippen molar-refractivity contribution in [2.24, 2.45) is 0 Å². The van der Waals surface area contributed by atoms with Gasteiger partial charge in [-0.25, -0.2) is 8.42 Å². The number of hydrogen-bond donors (Lipinski definition) is 0. The minimum atomic E-state index is -3.62. The van der Waals surface area contributed by atoms with Crippen LogP contribution in [0, 0.1) is 0 Å². The Kier molecular flexibility index (Phi) is 4.75. The Labute approximate surface area is 132 Å². The Morgan fingerprint density at radius 2 is 2.00 bits per heavy atom. The van der Waals surface area contributed by atoms with Crippen LogP contribution >= 0.6 is 34.5 Å². The molecule has 0 unspecified atom stereocenters. The maximum atomic E-state index is 12.6. The molecule has 0 aliphatic rings. The molecule has 7 heteroatoms. The summed E-state index contributed by atoms with van der Waals surface area (Å²) in [4.78, 5) is 0. The molecule has 1 aromatic carbocycles. The van der Waals surface area contributed by atoms with Crippen molar-refractivity contribution in [1.29, 1.82) is 0 Å². The first-order valence-electron chi connectivity index (χ1n) is 5.59. The topological polar surface area (TPSA) is 37.4 Å². The van der Waals surface area contributed by atoms with E-state index in [9.17, 15) is 8.42 Å². The molecule has 1 aromatic heterocycles. The van der Waals surface area contributed by atoms with Crippen LogP contribution in [0.3, 0.4) is 0 Å². The van der Waals surface area contributed by atoms with Gasteiger partial charge in [0.2, 0.25) is 0 Å². The molecule has 0 saturated carbocycles. The molecule has 0 aliphatic heterocycles. The van der Waals surface area contributed by atoms with Crippen LogP contribution in [0.25, 0.3) is 0 Å². The van der Waals surface area contributed by atoms with E-state index in [4.69, 9.17) is 23.2 Å². The number of benzene rings is 1. The largest absolute Gasteiger partial charge is 0.274 e. The molecule has 0 radical (unpaired) electrons. The molecule has 0 bridgehead atoms. The highest BCUT2D eigenvalue weighted by molar-refractivity contribution is 7.94. The van der Waals surface area contributed by atoms with Crippen molar-refractivity contribution < 1.29 is 8.42 Å². The molecule has 2 aromatic rings. The molecule has 1 heterocycles. The smallest absolute Gasteiger partial charge is 0.262 e. The lowest BCUT2D eigenvalue weighted by Crippen LogP contribution is -2.30. The second kappa shape index (κ2) is 6.18. The highest BCUT2D eigenvalue weighted by atomic mass is 35.5. The normalized spacial score (nSPS) is 11.3. The average Bonchev–Trinajstić information content (AvgIpc) is 2.94. The van der Waals surface area contributed by atoms with Crippen molar-refractivity contribution in [2.45, 2.75) is 4.21 Å². The van der Waals surface area contributed by atoms with Crippen LogP contribution in [0.15, 0.2) is 52.6 Å². The molecule has 2 rings (SSSR count). The fraction of sp³-hybridized carbons (Fsp3) is 0.0769. The lowest BCUT2D eigenvalue weighted by molar-refractivity contribution is 0.595. The highest BCUT2D eigenvalue weighted by Gasteiger charge is 2.25. The number of hydrogen-bond acceptors (Lipinski definition) is 3. The Hall–Kier alpha value is -1.01. The van der Waals surface area contributed by atoms with Crippen molar-refractivity contribution in [3.8, 4) is 0 Å². The molecular weight excluding hydrogens is 337 g/mol. The predicted octanol–water partition coefficient (Wildman–Crippen LogP) is 4.44. The zero-order chi connectivity index (χ0) is 14.8. The zero-order valence-electron chi connectivity index (χ0n) is 10.3. The van der Waals surface area contributed by atoms with Crippen LogP contribution in [0.5, 0.6) is 0 Å². The monoisotopic (exact) mass is 347 g/mol. The Morgan fingerprint density at radius 1 is 1.25 bits per heavy atom. The Balaban J connectivity index is 2.51. The van der Waals surface area contributed by atoms with Gasteiger partial charge in [0.25, 0.3) is 10.0 Å². The van der Waals surface area contributed by atoms with E-state index in [0.29, 0.717) is 15.7 Å². The van der Waals surface area contributed by atoms with Gasteiger partial charge >= 0.3 is 0 Å². The average molecular weight is 348 g/mol. The maximum Gasteiger partial charge on any atom is 0.274 e. The number of rotatable bonds is 5. The Morgan fingerprint density at radius 3 is 2.55 bits per heavy atom. The third-order valence-electron chi connectivity index (χ3n) is 2.53. The van der Waals surface area contributed by atoms with Crippen LogP contribution in [0.4, 0.5) is 5.69 Å². The molecule has 0 saturated heterocycles. The van der Waals surface area contributed by atoms with Gasteiger partial charge in [-0.1, -0.05) is 35.3 Å². The zero-order valence-corrected chi connectivity index (χ0v) is 13.4. The van der Waals surface area contributed by atoms with E-state index in [1.807, 2.05) is 0 Å². The summed E-state index contributed by atoms with van der Waals surface area (Å²) >= 11 is 13.0. The fourth-order valence-corrected chi connectivity index (χ4v) is 4.44. The minimum Gasteiger partial charge on any atom is -0.262 e. The van der Waals surface area contributed by atoms with E-state index in [1.165, 1.54) is 16.4 Å². The van der Waals surface area contributed by atoms with Crippen molar-refractivity contribution >= 4 is 50.2 Å². The summed E-state index contributed by atoms with van der Waals surface area (Å²) in [5, 5.41) is 2.40. The summed E-state index contributed by atoms with van der Waals surface area (Å²) in [5.41, 5.74) is 0.452. The van der Waals surface area contributed by atoms with E-state index in [2.05, 4.69) is 6.58 Å². The molecule has 0 amide bonds. The lowest BCUT2D eigenvalue weighted by atomic mass is 10.3. The molecule has 0 fully saturated rings. The summed E-state index contributed by atoms with van der Waals surface area (Å²) in [6, 6.07) is 7.97. The quantitative estimate of drug-likeness (QED) is 0.750. The van der Waals surface area contributed by atoms with Gasteiger partial charge < -0.3 is 0 Å². The highest BCUT2D eigenvalue weighted by Crippen LogP contribution is 2.31. The van der Waals surface area contributed by atoms with E-state index in [0.717, 1.165) is 11.3 Å². The van der Waals surface area contributed by atoms with E-state index < -0.39 is 10.0 Å². The van der Waals surface area contributed by atoms with Crippen LogP contribution in [0.1, 0.15) is 0 Å². The fourth-order valence-electron chi connectivity index (χ4n) is 1.62. The molecular formula is C13H11Cl2NO2S2. The number of sulfonamides is 1. The standard InChI is InChI=1S/C13H11Cl2NO2S2/c1-2-7-16(10-5-6-11(14)12(15)9-10)20(17,18)13-4-3-8-19-13/h2-6,8-9H,1,7H2. The van der Waals surface area contributed by atoms with Crippen LogP contribution in [-0.2, 0) is 10.0 Å². The van der Waals surface area contributed by atoms with Crippen molar-refractivity contribution in [3.05, 3.63) is 58.4 Å². The molecule has 0 N–H and O–H groups in total. The summed E-state index contributed by atoms with van der Waals surface area (Å²) in [6.07, 6.45) is 1.52. The first-order valence-corrected chi connectivity index (χ1v) is 8.66. The first kappa shape index (κ1) is 15.4. The SMILES string of the molecule is C=CCN(c1ccc(Cl)c(Cl)c1)S(=O)(=O)c1cccs1. The Bertz CT molecular complexity index is 712. The second-order valence-corrected chi connectivity index (χ2v) is 7.71. The first-order chi connectivity index (χ1) is 9.46. The summed E-state index contributed by atoms with van der Waals surface area (Å²) in [5.74, 6) is 0. The van der Waals surface area contributed by atoms with Gasteiger partial charge in [-0.05, 0) is 29.6 Å². The van der Waals surface area contributed by atoms with Crippen LogP contribution in [-0.4, -0.2) is 15.0 Å². The van der Waals surface area contributed by atoms with E-state index in [1.54, 1.807) is 29.6 Å². The van der Waals surface area contributed by atoms with Gasteiger partial charge in [0.15, 0.2) is 0 Å². The number of nitrogens with zero attached hydrogens (tertiary/aromatic N) is 1. The summed E-state index contributed by atoms with van der Waals surface area (Å²) in [7, 11) is -3.62. The summed E-state index contributed by atoms with van der Waals surface area (Å²) in [6.45, 7) is 3.75. The lowest BCUT2D eigenvalue weighted by Gasteiger charge is -2.22. The van der Waals surface area contributed by atoms with Crippen molar-refractivity contribution in [3.63, 3.8) is 0 Å². The van der Waals surface area contributed by atoms with Crippen molar-refractivity contribution in [2.75, 3.05) is 10.8 Å². The van der Waals surface area contributed by atoms with Crippen molar-refractivity contribution in [1.82, 2.24) is 0 Å². The van der Waals surface area contributed by atoms with E-state index >= 15 is 0 Å². The maximum absolute atomic E-state index is 12.6. The predicted molar refractivity (Wildman–Crippen MR) is 85.5 cm³/mol. The van der Waals surface area contributed by atoms with Gasteiger partial charge in [-0.3, -0.25) is 4.31 Å². The van der Waals surface area contributed by atoms with Gasteiger partial charge in [-0.2, -0.15) is 0 Å². The van der Waals surface area contributed by atoms with Gasteiger partial charge in [-0.15, -0.1) is 17.9 Å². The molecule has 3 nitrogen and oxygen atoms in total. The molecule has 106 valence electrons. The third kappa shape index (κ3) is 3.01. The molecule has 0 spiro atoms. The molecule has 0 atom stereocenters. The number of anilines is 1. The number of halogens is 2. The van der Waals surface area contributed by atoms with Gasteiger partial charge in [0.05, 0.1) is 22.3 Å². The van der Waals surface area contributed by atoms with Gasteiger partial charge in [0.1, 0.15) is 4.21 Å². The molecule has 20 heavy (non-hydrogen) atoms. The minimum absolute atomic E-state index is 0.151. The summed E-state index contributed by atoms with van der Waals surface area (Å²) < 4.78 is 26.7. The van der Waals surface area contributed by atoms with Crippen LogP contribution < -0.4 is 4.31 Å². The number of thiophene rings is 1. The van der Waals surface area contributed by atoms with Gasteiger partial charge in [0, 0.05) is 0 Å². The second-order valence-electron chi connectivity index (χ2n) is 3.86. The van der Waals surface area contributed by atoms with Crippen LogP contribution in [0.2, 0.25) is 10.0 Å².